The zero-order valence-electron chi connectivity index (χ0n) is 12.9. The Labute approximate surface area is 122 Å². The van der Waals surface area contributed by atoms with Gasteiger partial charge in [-0.2, -0.15) is 0 Å². The molecule has 2 N–H and O–H groups in total. The summed E-state index contributed by atoms with van der Waals surface area (Å²) in [7, 11) is 1.69. The van der Waals surface area contributed by atoms with E-state index < -0.39 is 0 Å². The Morgan fingerprint density at radius 2 is 2.00 bits per heavy atom. The normalized spacial score (nSPS) is 19.2. The van der Waals surface area contributed by atoms with Crippen LogP contribution in [0.15, 0.2) is 18.3 Å². The van der Waals surface area contributed by atoms with Crippen molar-refractivity contribution >= 4 is 0 Å². The zero-order valence-corrected chi connectivity index (χ0v) is 12.9. The topological polar surface area (TPSA) is 51.4 Å². The largest absolute Gasteiger partial charge is 0.495 e. The van der Waals surface area contributed by atoms with Gasteiger partial charge in [-0.3, -0.25) is 9.88 Å². The third kappa shape index (κ3) is 2.54. The predicted molar refractivity (Wildman–Crippen MR) is 81.8 cm³/mol. The minimum atomic E-state index is -0.0963. The highest BCUT2D eigenvalue weighted by molar-refractivity contribution is 5.32. The van der Waals surface area contributed by atoms with Crippen LogP contribution in [0, 0.1) is 0 Å². The van der Waals surface area contributed by atoms with Crippen molar-refractivity contribution in [3.05, 3.63) is 24.0 Å². The molecule has 0 saturated heterocycles. The number of pyridine rings is 1. The summed E-state index contributed by atoms with van der Waals surface area (Å²) in [5.74, 6) is 0.804. The summed E-state index contributed by atoms with van der Waals surface area (Å²) < 4.78 is 5.46. The SMILES string of the molecule is CCN(CC)C1(C(N)c2ncccc2OC)CCCC1. The van der Waals surface area contributed by atoms with Crippen LogP contribution in [0.25, 0.3) is 0 Å². The van der Waals surface area contributed by atoms with Crippen LogP contribution in [0.2, 0.25) is 0 Å². The van der Waals surface area contributed by atoms with Crippen molar-refractivity contribution in [1.82, 2.24) is 9.88 Å². The molecule has 2 rings (SSSR count). The van der Waals surface area contributed by atoms with Crippen LogP contribution in [0.3, 0.4) is 0 Å². The summed E-state index contributed by atoms with van der Waals surface area (Å²) >= 11 is 0. The van der Waals surface area contributed by atoms with Gasteiger partial charge < -0.3 is 10.5 Å². The van der Waals surface area contributed by atoms with Crippen molar-refractivity contribution in [3.8, 4) is 5.75 Å². The molecule has 0 bridgehead atoms. The van der Waals surface area contributed by atoms with E-state index in [1.54, 1.807) is 7.11 Å². The number of methoxy groups -OCH3 is 1. The molecule has 0 spiro atoms. The second kappa shape index (κ2) is 6.55. The molecule has 1 unspecified atom stereocenters. The molecule has 1 aliphatic rings. The summed E-state index contributed by atoms with van der Waals surface area (Å²) in [4.78, 5) is 7.03. The molecule has 1 atom stereocenters. The number of ether oxygens (including phenoxy) is 1. The van der Waals surface area contributed by atoms with E-state index in [0.717, 1.165) is 37.4 Å². The fourth-order valence-electron chi connectivity index (χ4n) is 3.73. The standard InChI is InChI=1S/C16H27N3O/c1-4-19(5-2)16(10-6-7-11-16)15(17)14-13(20-3)9-8-12-18-14/h8-9,12,15H,4-7,10-11,17H2,1-3H3. The van der Waals surface area contributed by atoms with Gasteiger partial charge in [0.2, 0.25) is 0 Å². The lowest BCUT2D eigenvalue weighted by Crippen LogP contribution is -2.54. The molecule has 1 heterocycles. The highest BCUT2D eigenvalue weighted by Crippen LogP contribution is 2.44. The van der Waals surface area contributed by atoms with Crippen molar-refractivity contribution in [2.45, 2.75) is 51.1 Å². The Bertz CT molecular complexity index is 425. The van der Waals surface area contributed by atoms with Crippen LogP contribution >= 0.6 is 0 Å². The van der Waals surface area contributed by atoms with Gasteiger partial charge in [0.1, 0.15) is 11.4 Å². The Kier molecular flexibility index (Phi) is 5.00. The first-order chi connectivity index (χ1) is 9.69. The minimum Gasteiger partial charge on any atom is -0.495 e. The van der Waals surface area contributed by atoms with Crippen LogP contribution < -0.4 is 10.5 Å². The first kappa shape index (κ1) is 15.3. The van der Waals surface area contributed by atoms with Crippen molar-refractivity contribution < 1.29 is 4.74 Å². The number of aromatic nitrogens is 1. The maximum absolute atomic E-state index is 6.68. The fraction of sp³-hybridized carbons (Fsp3) is 0.688. The van der Waals surface area contributed by atoms with Crippen LogP contribution in [0.5, 0.6) is 5.75 Å². The van der Waals surface area contributed by atoms with Gasteiger partial charge in [-0.25, -0.2) is 0 Å². The van der Waals surface area contributed by atoms with E-state index >= 15 is 0 Å². The molecular weight excluding hydrogens is 250 g/mol. The number of hydrogen-bond donors (Lipinski definition) is 1. The van der Waals surface area contributed by atoms with Gasteiger partial charge in [-0.05, 0) is 38.1 Å². The highest BCUT2D eigenvalue weighted by Gasteiger charge is 2.45. The zero-order chi connectivity index (χ0) is 14.6. The molecule has 0 aromatic carbocycles. The molecule has 0 aliphatic heterocycles. The van der Waals surface area contributed by atoms with Gasteiger partial charge in [-0.15, -0.1) is 0 Å². The predicted octanol–water partition coefficient (Wildman–Crippen LogP) is 2.74. The van der Waals surface area contributed by atoms with Gasteiger partial charge >= 0.3 is 0 Å². The van der Waals surface area contributed by atoms with Gasteiger partial charge in [0.25, 0.3) is 0 Å². The molecule has 1 aromatic rings. The molecular formula is C16H27N3O. The summed E-state index contributed by atoms with van der Waals surface area (Å²) in [6.07, 6.45) is 6.60. The lowest BCUT2D eigenvalue weighted by molar-refractivity contribution is 0.0746. The molecule has 0 radical (unpaired) electrons. The Hall–Kier alpha value is -1.13. The maximum atomic E-state index is 6.68. The molecule has 1 aromatic heterocycles. The Morgan fingerprint density at radius 1 is 1.35 bits per heavy atom. The van der Waals surface area contributed by atoms with E-state index in [9.17, 15) is 0 Å². The van der Waals surface area contributed by atoms with E-state index in [-0.39, 0.29) is 11.6 Å². The van der Waals surface area contributed by atoms with Crippen LogP contribution in [0.1, 0.15) is 51.3 Å². The van der Waals surface area contributed by atoms with E-state index in [2.05, 4.69) is 23.7 Å². The number of rotatable bonds is 6. The summed E-state index contributed by atoms with van der Waals surface area (Å²) in [6.45, 7) is 6.48. The monoisotopic (exact) mass is 277 g/mol. The first-order valence-electron chi connectivity index (χ1n) is 7.69. The second-order valence-corrected chi connectivity index (χ2v) is 5.55. The van der Waals surface area contributed by atoms with Crippen LogP contribution in [-0.2, 0) is 0 Å². The van der Waals surface area contributed by atoms with Gasteiger partial charge in [0, 0.05) is 11.7 Å². The molecule has 20 heavy (non-hydrogen) atoms. The van der Waals surface area contributed by atoms with Gasteiger partial charge in [0.05, 0.1) is 13.2 Å². The van der Waals surface area contributed by atoms with Crippen molar-refractivity contribution in [2.75, 3.05) is 20.2 Å². The molecule has 1 saturated carbocycles. The number of nitrogens with zero attached hydrogens (tertiary/aromatic N) is 2. The molecule has 4 nitrogen and oxygen atoms in total. The van der Waals surface area contributed by atoms with E-state index in [4.69, 9.17) is 10.5 Å². The van der Waals surface area contributed by atoms with E-state index in [1.165, 1.54) is 12.8 Å². The second-order valence-electron chi connectivity index (χ2n) is 5.55. The first-order valence-corrected chi connectivity index (χ1v) is 7.69. The van der Waals surface area contributed by atoms with Crippen molar-refractivity contribution in [2.24, 2.45) is 5.73 Å². The maximum Gasteiger partial charge on any atom is 0.142 e. The number of likely N-dealkylation sites (N-methyl/N-ethyl adjacent to an activating group) is 1. The third-order valence-electron chi connectivity index (χ3n) is 4.76. The average molecular weight is 277 g/mol. The quantitative estimate of drug-likeness (QED) is 0.868. The summed E-state index contributed by atoms with van der Waals surface area (Å²) in [6, 6.07) is 3.75. The fourth-order valence-corrected chi connectivity index (χ4v) is 3.73. The minimum absolute atomic E-state index is 0.0329. The summed E-state index contributed by atoms with van der Waals surface area (Å²) in [5, 5.41) is 0. The molecule has 1 aliphatic carbocycles. The van der Waals surface area contributed by atoms with Crippen LogP contribution in [0.4, 0.5) is 0 Å². The highest BCUT2D eigenvalue weighted by atomic mass is 16.5. The number of hydrogen-bond acceptors (Lipinski definition) is 4. The Balaban J connectivity index is 2.38. The van der Waals surface area contributed by atoms with Crippen molar-refractivity contribution in [3.63, 3.8) is 0 Å². The molecule has 4 heteroatoms. The third-order valence-corrected chi connectivity index (χ3v) is 4.76. The van der Waals surface area contributed by atoms with Gasteiger partial charge in [-0.1, -0.05) is 26.7 Å². The van der Waals surface area contributed by atoms with Crippen molar-refractivity contribution in [1.29, 1.82) is 0 Å². The van der Waals surface area contributed by atoms with E-state index in [0.29, 0.717) is 0 Å². The Morgan fingerprint density at radius 3 is 2.55 bits per heavy atom. The van der Waals surface area contributed by atoms with E-state index in [1.807, 2.05) is 18.3 Å². The smallest absolute Gasteiger partial charge is 0.142 e. The lowest BCUT2D eigenvalue weighted by Gasteiger charge is -2.44. The lowest BCUT2D eigenvalue weighted by atomic mass is 9.84. The van der Waals surface area contributed by atoms with Gasteiger partial charge in [0.15, 0.2) is 0 Å². The molecule has 0 amide bonds. The average Bonchev–Trinajstić information content (AvgIpc) is 2.98. The number of nitrogens with two attached hydrogens (primary N) is 1. The summed E-state index contributed by atoms with van der Waals surface area (Å²) in [5.41, 5.74) is 7.60. The van der Waals surface area contributed by atoms with Crippen LogP contribution in [-0.4, -0.2) is 35.6 Å². The molecule has 112 valence electrons. The molecule has 1 fully saturated rings.